The summed E-state index contributed by atoms with van der Waals surface area (Å²) in [6.07, 6.45) is 0. The van der Waals surface area contributed by atoms with E-state index in [2.05, 4.69) is 15.6 Å². The van der Waals surface area contributed by atoms with Crippen LogP contribution in [0.1, 0.15) is 15.6 Å². The van der Waals surface area contributed by atoms with Crippen LogP contribution in [0, 0.1) is 13.8 Å². The number of carbonyl (C=O) groups excluding carboxylic acids is 1. The number of amides is 2. The number of benzene rings is 1. The lowest BCUT2D eigenvalue weighted by Gasteiger charge is -2.07. The normalized spacial score (nSPS) is 12.3. The second-order valence-electron chi connectivity index (χ2n) is 4.62. The van der Waals surface area contributed by atoms with Gasteiger partial charge in [-0.15, -0.1) is 11.3 Å². The molecule has 110 valence electrons. The van der Waals surface area contributed by atoms with Gasteiger partial charge in [0, 0.05) is 16.6 Å². The number of hydrogen-bond acceptors (Lipinski definition) is 5. The number of thiazole rings is 1. The zero-order valence-electron chi connectivity index (χ0n) is 11.7. The highest BCUT2D eigenvalue weighted by atomic mass is 32.1. The fraction of sp³-hybridized carbons (Fsp3) is 0.286. The molecule has 0 atom stereocenters. The Balaban J connectivity index is 1.58. The Bertz CT molecular complexity index is 684. The number of nitrogens with zero attached hydrogens (tertiary/aromatic N) is 1. The van der Waals surface area contributed by atoms with Crippen molar-refractivity contribution in [3.8, 4) is 11.5 Å². The Labute approximate surface area is 126 Å². The fourth-order valence-electron chi connectivity index (χ4n) is 2.05. The molecule has 1 aromatic heterocycles. The third-order valence-electron chi connectivity index (χ3n) is 3.04. The molecule has 0 bridgehead atoms. The van der Waals surface area contributed by atoms with E-state index < -0.39 is 0 Å². The Kier molecular flexibility index (Phi) is 3.66. The standard InChI is InChI=1S/C14H15N3O3S/c1-8-13(21-9(2)16-8)6-15-14(18)17-10-3-4-11-12(5-10)20-7-19-11/h3-5H,6-7H2,1-2H3,(H2,15,17,18). The maximum Gasteiger partial charge on any atom is 0.319 e. The molecule has 1 aromatic carbocycles. The zero-order valence-corrected chi connectivity index (χ0v) is 12.5. The van der Waals surface area contributed by atoms with Gasteiger partial charge < -0.3 is 20.1 Å². The number of ether oxygens (including phenoxy) is 2. The summed E-state index contributed by atoms with van der Waals surface area (Å²) in [4.78, 5) is 17.3. The molecule has 1 aliphatic heterocycles. The van der Waals surface area contributed by atoms with Crippen LogP contribution >= 0.6 is 11.3 Å². The average molecular weight is 305 g/mol. The minimum absolute atomic E-state index is 0.217. The van der Waals surface area contributed by atoms with Crippen LogP contribution in [0.5, 0.6) is 11.5 Å². The number of hydrogen-bond donors (Lipinski definition) is 2. The molecule has 0 fully saturated rings. The minimum Gasteiger partial charge on any atom is -0.454 e. The molecule has 1 aliphatic rings. The van der Waals surface area contributed by atoms with E-state index in [1.165, 1.54) is 0 Å². The number of carbonyl (C=O) groups is 1. The zero-order chi connectivity index (χ0) is 14.8. The highest BCUT2D eigenvalue weighted by Crippen LogP contribution is 2.34. The first-order chi connectivity index (χ1) is 10.1. The molecule has 2 amide bonds. The van der Waals surface area contributed by atoms with Gasteiger partial charge in [-0.2, -0.15) is 0 Å². The van der Waals surface area contributed by atoms with Gasteiger partial charge in [-0.25, -0.2) is 9.78 Å². The van der Waals surface area contributed by atoms with E-state index in [1.807, 2.05) is 13.8 Å². The molecular formula is C14H15N3O3S. The van der Waals surface area contributed by atoms with Gasteiger partial charge in [0.25, 0.3) is 0 Å². The van der Waals surface area contributed by atoms with Crippen molar-refractivity contribution in [1.29, 1.82) is 0 Å². The van der Waals surface area contributed by atoms with E-state index in [0.29, 0.717) is 23.7 Å². The van der Waals surface area contributed by atoms with E-state index in [0.717, 1.165) is 15.6 Å². The van der Waals surface area contributed by atoms with Crippen LogP contribution in [0.3, 0.4) is 0 Å². The smallest absolute Gasteiger partial charge is 0.319 e. The first kappa shape index (κ1) is 13.7. The van der Waals surface area contributed by atoms with Crippen LogP contribution in [0.15, 0.2) is 18.2 Å². The molecule has 2 N–H and O–H groups in total. The van der Waals surface area contributed by atoms with Gasteiger partial charge in [0.15, 0.2) is 11.5 Å². The first-order valence-corrected chi connectivity index (χ1v) is 7.31. The lowest BCUT2D eigenvalue weighted by molar-refractivity contribution is 0.174. The van der Waals surface area contributed by atoms with Crippen molar-refractivity contribution in [2.75, 3.05) is 12.1 Å². The van der Waals surface area contributed by atoms with Crippen molar-refractivity contribution >= 4 is 23.1 Å². The number of urea groups is 1. The molecule has 0 saturated carbocycles. The third kappa shape index (κ3) is 3.08. The van der Waals surface area contributed by atoms with E-state index in [4.69, 9.17) is 9.47 Å². The SMILES string of the molecule is Cc1nc(C)c(CNC(=O)Nc2ccc3c(c2)OCO3)s1. The minimum atomic E-state index is -0.265. The van der Waals surface area contributed by atoms with E-state index in [1.54, 1.807) is 29.5 Å². The van der Waals surface area contributed by atoms with Gasteiger partial charge in [0.1, 0.15) is 0 Å². The summed E-state index contributed by atoms with van der Waals surface area (Å²) in [5.41, 5.74) is 1.62. The first-order valence-electron chi connectivity index (χ1n) is 6.49. The molecule has 6 nitrogen and oxygen atoms in total. The van der Waals surface area contributed by atoms with Gasteiger partial charge in [0.2, 0.25) is 6.79 Å². The second-order valence-corrected chi connectivity index (χ2v) is 5.90. The largest absolute Gasteiger partial charge is 0.454 e. The summed E-state index contributed by atoms with van der Waals surface area (Å²) < 4.78 is 10.5. The molecule has 0 unspecified atom stereocenters. The molecule has 0 saturated heterocycles. The van der Waals surface area contributed by atoms with E-state index in [-0.39, 0.29) is 12.8 Å². The van der Waals surface area contributed by atoms with Crippen molar-refractivity contribution in [3.63, 3.8) is 0 Å². The van der Waals surface area contributed by atoms with E-state index in [9.17, 15) is 4.79 Å². The summed E-state index contributed by atoms with van der Waals surface area (Å²) >= 11 is 1.59. The van der Waals surface area contributed by atoms with Gasteiger partial charge in [-0.05, 0) is 26.0 Å². The highest BCUT2D eigenvalue weighted by molar-refractivity contribution is 7.11. The van der Waals surface area contributed by atoms with E-state index >= 15 is 0 Å². The highest BCUT2D eigenvalue weighted by Gasteiger charge is 2.14. The lowest BCUT2D eigenvalue weighted by Crippen LogP contribution is -2.28. The second kappa shape index (κ2) is 5.61. The topological polar surface area (TPSA) is 72.5 Å². The lowest BCUT2D eigenvalue weighted by atomic mass is 10.3. The number of nitrogens with one attached hydrogen (secondary N) is 2. The molecule has 7 heteroatoms. The number of rotatable bonds is 3. The van der Waals surface area contributed by atoms with Crippen molar-refractivity contribution < 1.29 is 14.3 Å². The van der Waals surface area contributed by atoms with Gasteiger partial charge in [0.05, 0.1) is 17.2 Å². The van der Waals surface area contributed by atoms with Crippen LogP contribution in [-0.4, -0.2) is 17.8 Å². The van der Waals surface area contributed by atoms with Crippen LogP contribution in [0.25, 0.3) is 0 Å². The Hall–Kier alpha value is -2.28. The van der Waals surface area contributed by atoms with Gasteiger partial charge in [-0.3, -0.25) is 0 Å². The maximum absolute atomic E-state index is 11.9. The Morgan fingerprint density at radius 3 is 2.90 bits per heavy atom. The molecule has 21 heavy (non-hydrogen) atoms. The maximum atomic E-state index is 11.9. The quantitative estimate of drug-likeness (QED) is 0.914. The van der Waals surface area contributed by atoms with Crippen molar-refractivity contribution in [2.45, 2.75) is 20.4 Å². The predicted molar refractivity (Wildman–Crippen MR) is 80.0 cm³/mol. The number of anilines is 1. The number of aromatic nitrogens is 1. The van der Waals surface area contributed by atoms with Crippen LogP contribution in [-0.2, 0) is 6.54 Å². The molecule has 2 heterocycles. The van der Waals surface area contributed by atoms with Crippen molar-refractivity contribution in [3.05, 3.63) is 33.8 Å². The van der Waals surface area contributed by atoms with Crippen molar-refractivity contribution in [2.24, 2.45) is 0 Å². The van der Waals surface area contributed by atoms with Crippen LogP contribution < -0.4 is 20.1 Å². The predicted octanol–water partition coefficient (Wildman–Crippen LogP) is 2.81. The Morgan fingerprint density at radius 2 is 2.14 bits per heavy atom. The molecule has 0 radical (unpaired) electrons. The summed E-state index contributed by atoms with van der Waals surface area (Å²) in [5.74, 6) is 1.33. The third-order valence-corrected chi connectivity index (χ3v) is 4.11. The summed E-state index contributed by atoms with van der Waals surface area (Å²) in [6.45, 7) is 4.58. The fourth-order valence-corrected chi connectivity index (χ4v) is 2.92. The number of fused-ring (bicyclic) bond motifs is 1. The molecule has 0 spiro atoms. The number of aryl methyl sites for hydroxylation is 2. The summed E-state index contributed by atoms with van der Waals surface area (Å²) in [7, 11) is 0. The molecule has 3 rings (SSSR count). The summed E-state index contributed by atoms with van der Waals surface area (Å²) in [5, 5.41) is 6.58. The molecule has 2 aromatic rings. The molecular weight excluding hydrogens is 290 g/mol. The Morgan fingerprint density at radius 1 is 1.33 bits per heavy atom. The monoisotopic (exact) mass is 305 g/mol. The average Bonchev–Trinajstić information content (AvgIpc) is 3.02. The molecule has 0 aliphatic carbocycles. The van der Waals surface area contributed by atoms with Gasteiger partial charge >= 0.3 is 6.03 Å². The van der Waals surface area contributed by atoms with Crippen LogP contribution in [0.4, 0.5) is 10.5 Å². The van der Waals surface area contributed by atoms with Crippen molar-refractivity contribution in [1.82, 2.24) is 10.3 Å². The van der Waals surface area contributed by atoms with Crippen LogP contribution in [0.2, 0.25) is 0 Å². The van der Waals surface area contributed by atoms with Gasteiger partial charge in [-0.1, -0.05) is 0 Å². The summed E-state index contributed by atoms with van der Waals surface area (Å²) in [6, 6.07) is 5.02.